The number of nitrogens with one attached hydrogen (secondary N) is 3. The first-order chi connectivity index (χ1) is 13.4. The molecular formula is C21H23N3O4. The maximum atomic E-state index is 13.0. The number of aryl methyl sites for hydroxylation is 1. The van der Waals surface area contributed by atoms with E-state index < -0.39 is 5.92 Å². The second kappa shape index (κ2) is 8.12. The van der Waals surface area contributed by atoms with Crippen LogP contribution in [0.15, 0.2) is 36.4 Å². The molecule has 1 unspecified atom stereocenters. The van der Waals surface area contributed by atoms with E-state index in [9.17, 15) is 14.4 Å². The van der Waals surface area contributed by atoms with Crippen molar-refractivity contribution in [1.82, 2.24) is 0 Å². The van der Waals surface area contributed by atoms with Crippen LogP contribution >= 0.6 is 0 Å². The molecule has 0 spiro atoms. The predicted octanol–water partition coefficient (Wildman–Crippen LogP) is 3.42. The minimum absolute atomic E-state index is 0.0529. The fourth-order valence-corrected chi connectivity index (χ4v) is 3.10. The maximum Gasteiger partial charge on any atom is 0.232 e. The molecule has 7 heteroatoms. The molecule has 7 nitrogen and oxygen atoms in total. The number of carbonyl (C=O) groups is 3. The molecule has 3 rings (SSSR count). The zero-order valence-electron chi connectivity index (χ0n) is 16.1. The van der Waals surface area contributed by atoms with Gasteiger partial charge in [-0.1, -0.05) is 13.0 Å². The summed E-state index contributed by atoms with van der Waals surface area (Å²) < 4.78 is 5.25. The van der Waals surface area contributed by atoms with E-state index in [2.05, 4.69) is 16.0 Å². The highest BCUT2D eigenvalue weighted by molar-refractivity contribution is 6.05. The molecule has 1 aliphatic rings. The number of rotatable bonds is 5. The number of amides is 3. The van der Waals surface area contributed by atoms with E-state index in [1.54, 1.807) is 44.4 Å². The summed E-state index contributed by atoms with van der Waals surface area (Å²) in [5.41, 5.74) is 3.38. The molecule has 2 aromatic rings. The van der Waals surface area contributed by atoms with Crippen molar-refractivity contribution in [3.8, 4) is 5.75 Å². The molecule has 2 aromatic carbocycles. The summed E-state index contributed by atoms with van der Waals surface area (Å²) in [7, 11) is 1.55. The van der Waals surface area contributed by atoms with E-state index in [0.717, 1.165) is 5.56 Å². The molecule has 1 atom stereocenters. The highest BCUT2D eigenvalue weighted by atomic mass is 16.5. The Labute approximate surface area is 163 Å². The Kier molecular flexibility index (Phi) is 5.63. The highest BCUT2D eigenvalue weighted by Gasteiger charge is 2.31. The van der Waals surface area contributed by atoms with Gasteiger partial charge in [-0.3, -0.25) is 14.4 Å². The largest absolute Gasteiger partial charge is 0.497 e. The summed E-state index contributed by atoms with van der Waals surface area (Å²) >= 11 is 0. The van der Waals surface area contributed by atoms with Crippen molar-refractivity contribution in [3.05, 3.63) is 47.5 Å². The molecule has 146 valence electrons. The molecule has 0 aliphatic carbocycles. The summed E-state index contributed by atoms with van der Waals surface area (Å²) in [4.78, 5) is 36.7. The molecule has 0 aromatic heterocycles. The van der Waals surface area contributed by atoms with Gasteiger partial charge >= 0.3 is 0 Å². The van der Waals surface area contributed by atoms with Crippen LogP contribution in [-0.2, 0) is 14.4 Å². The second-order valence-electron chi connectivity index (χ2n) is 6.68. The fraction of sp³-hybridized carbons (Fsp3) is 0.286. The van der Waals surface area contributed by atoms with Crippen molar-refractivity contribution in [1.29, 1.82) is 0 Å². The van der Waals surface area contributed by atoms with E-state index in [-0.39, 0.29) is 24.1 Å². The van der Waals surface area contributed by atoms with Crippen LogP contribution in [0, 0.1) is 6.92 Å². The predicted molar refractivity (Wildman–Crippen MR) is 108 cm³/mol. The van der Waals surface area contributed by atoms with Crippen LogP contribution in [0.5, 0.6) is 5.75 Å². The van der Waals surface area contributed by atoms with Gasteiger partial charge in [-0.2, -0.15) is 0 Å². The first-order valence-corrected chi connectivity index (χ1v) is 9.10. The van der Waals surface area contributed by atoms with Gasteiger partial charge in [0.1, 0.15) is 5.75 Å². The van der Waals surface area contributed by atoms with Gasteiger partial charge in [0.05, 0.1) is 13.0 Å². The number of hydrogen-bond acceptors (Lipinski definition) is 4. The summed E-state index contributed by atoms with van der Waals surface area (Å²) in [5.74, 6) is -0.615. The lowest BCUT2D eigenvalue weighted by molar-refractivity contribution is -0.123. The van der Waals surface area contributed by atoms with Gasteiger partial charge in [0.15, 0.2) is 0 Å². The third kappa shape index (κ3) is 4.14. The van der Waals surface area contributed by atoms with E-state index in [4.69, 9.17) is 4.74 Å². The molecule has 0 radical (unpaired) electrons. The highest BCUT2D eigenvalue weighted by Crippen LogP contribution is 2.36. The van der Waals surface area contributed by atoms with Crippen LogP contribution in [0.2, 0.25) is 0 Å². The zero-order chi connectivity index (χ0) is 20.3. The van der Waals surface area contributed by atoms with Crippen LogP contribution < -0.4 is 20.7 Å². The summed E-state index contributed by atoms with van der Waals surface area (Å²) in [5, 5.41) is 8.46. The number of methoxy groups -OCH3 is 1. The molecule has 0 saturated heterocycles. The smallest absolute Gasteiger partial charge is 0.232 e. The van der Waals surface area contributed by atoms with Crippen molar-refractivity contribution >= 4 is 34.8 Å². The van der Waals surface area contributed by atoms with Crippen LogP contribution in [-0.4, -0.2) is 24.8 Å². The van der Waals surface area contributed by atoms with Gasteiger partial charge in [0.25, 0.3) is 0 Å². The van der Waals surface area contributed by atoms with E-state index in [1.165, 1.54) is 0 Å². The first kappa shape index (κ1) is 19.4. The van der Waals surface area contributed by atoms with Crippen molar-refractivity contribution < 1.29 is 19.1 Å². The third-order valence-corrected chi connectivity index (χ3v) is 4.71. The Balaban J connectivity index is 1.86. The fourth-order valence-electron chi connectivity index (χ4n) is 3.10. The Morgan fingerprint density at radius 3 is 2.68 bits per heavy atom. The number of carbonyl (C=O) groups excluding carboxylic acids is 3. The minimum Gasteiger partial charge on any atom is -0.497 e. The molecule has 3 amide bonds. The Morgan fingerprint density at radius 1 is 1.18 bits per heavy atom. The number of ether oxygens (including phenoxy) is 1. The lowest BCUT2D eigenvalue weighted by atomic mass is 9.89. The molecule has 0 fully saturated rings. The standard InChI is InChI=1S/C21H23N3O4/c1-4-19(25)22-13-6-5-12(2)18(9-13)24-21(27)16-11-20(26)23-17-8-7-14(28-3)10-15(16)17/h5-10,16H,4,11H2,1-3H3,(H,22,25)(H,23,26)(H,24,27). The SMILES string of the molecule is CCC(=O)Nc1ccc(C)c(NC(=O)C2CC(=O)Nc3ccc(OC)cc32)c1. The van der Waals surface area contributed by atoms with E-state index in [1.807, 2.05) is 13.0 Å². The lowest BCUT2D eigenvalue weighted by Gasteiger charge is -2.25. The number of anilines is 3. The molecule has 0 saturated carbocycles. The topological polar surface area (TPSA) is 96.5 Å². The van der Waals surface area contributed by atoms with Crippen molar-refractivity contribution in [2.45, 2.75) is 32.6 Å². The number of hydrogen-bond donors (Lipinski definition) is 3. The average Bonchev–Trinajstić information content (AvgIpc) is 2.69. The number of benzene rings is 2. The molecular weight excluding hydrogens is 358 g/mol. The van der Waals surface area contributed by atoms with Crippen molar-refractivity contribution in [2.75, 3.05) is 23.1 Å². The van der Waals surface area contributed by atoms with Gasteiger partial charge in [0, 0.05) is 29.9 Å². The van der Waals surface area contributed by atoms with Crippen molar-refractivity contribution in [3.63, 3.8) is 0 Å². The molecule has 28 heavy (non-hydrogen) atoms. The van der Waals surface area contributed by atoms with E-state index in [0.29, 0.717) is 34.8 Å². The van der Waals surface area contributed by atoms with Gasteiger partial charge in [-0.05, 0) is 48.4 Å². The quantitative estimate of drug-likeness (QED) is 0.739. The van der Waals surface area contributed by atoms with Crippen LogP contribution in [0.1, 0.15) is 36.8 Å². The average molecular weight is 381 g/mol. The van der Waals surface area contributed by atoms with Gasteiger partial charge in [-0.25, -0.2) is 0 Å². The van der Waals surface area contributed by atoms with Crippen molar-refractivity contribution in [2.24, 2.45) is 0 Å². The molecule has 3 N–H and O–H groups in total. The normalized spacial score (nSPS) is 15.2. The monoisotopic (exact) mass is 381 g/mol. The van der Waals surface area contributed by atoms with Gasteiger partial charge in [0.2, 0.25) is 17.7 Å². The summed E-state index contributed by atoms with van der Waals surface area (Å²) in [6, 6.07) is 10.6. The second-order valence-corrected chi connectivity index (χ2v) is 6.68. The van der Waals surface area contributed by atoms with Crippen LogP contribution in [0.3, 0.4) is 0 Å². The van der Waals surface area contributed by atoms with Gasteiger partial charge in [-0.15, -0.1) is 0 Å². The summed E-state index contributed by atoms with van der Waals surface area (Å²) in [6.45, 7) is 3.64. The first-order valence-electron chi connectivity index (χ1n) is 9.10. The Hall–Kier alpha value is -3.35. The zero-order valence-corrected chi connectivity index (χ0v) is 16.1. The number of fused-ring (bicyclic) bond motifs is 1. The Morgan fingerprint density at radius 2 is 1.96 bits per heavy atom. The minimum atomic E-state index is -0.632. The molecule has 1 heterocycles. The Bertz CT molecular complexity index is 939. The van der Waals surface area contributed by atoms with E-state index >= 15 is 0 Å². The molecule has 1 aliphatic heterocycles. The van der Waals surface area contributed by atoms with Gasteiger partial charge < -0.3 is 20.7 Å². The van der Waals surface area contributed by atoms with Crippen LogP contribution in [0.4, 0.5) is 17.1 Å². The van der Waals surface area contributed by atoms with Crippen LogP contribution in [0.25, 0.3) is 0 Å². The maximum absolute atomic E-state index is 13.0. The third-order valence-electron chi connectivity index (χ3n) is 4.71. The lowest BCUT2D eigenvalue weighted by Crippen LogP contribution is -2.31. The molecule has 0 bridgehead atoms. The summed E-state index contributed by atoms with van der Waals surface area (Å²) in [6.07, 6.45) is 0.419.